The Kier molecular flexibility index (Phi) is 2.58. The molecule has 118 valence electrons. The van der Waals surface area contributed by atoms with E-state index in [0.29, 0.717) is 6.42 Å². The molecule has 2 aromatic carbocycles. The summed E-state index contributed by atoms with van der Waals surface area (Å²) in [5, 5.41) is 0. The van der Waals surface area contributed by atoms with Crippen LogP contribution in [0, 0.1) is 5.92 Å². The molecule has 0 saturated heterocycles. The molecule has 1 atom stereocenters. The minimum atomic E-state index is -0.0498. The molecule has 1 unspecified atom stereocenters. The topological polar surface area (TPSA) is 39.3 Å². The van der Waals surface area contributed by atoms with E-state index >= 15 is 0 Å². The molecule has 1 aliphatic rings. The van der Waals surface area contributed by atoms with Gasteiger partial charge in [-0.05, 0) is 12.1 Å². The number of aryl methyl sites for hydroxylation is 1. The molecule has 0 fully saturated rings. The van der Waals surface area contributed by atoms with Gasteiger partial charge in [-0.3, -0.25) is 9.20 Å². The summed E-state index contributed by atoms with van der Waals surface area (Å²) in [6.07, 6.45) is 0.706. The van der Waals surface area contributed by atoms with E-state index in [1.54, 1.807) is 0 Å². The molecule has 0 saturated carbocycles. The van der Waals surface area contributed by atoms with Crippen molar-refractivity contribution in [2.24, 2.45) is 13.0 Å². The van der Waals surface area contributed by atoms with Crippen LogP contribution < -0.4 is 0 Å². The number of Topliss-reactive ketones (excluding diaryl/α,β-unsaturated/α-hetero) is 1. The van der Waals surface area contributed by atoms with Gasteiger partial charge in [0.2, 0.25) is 5.78 Å². The lowest BCUT2D eigenvalue weighted by Crippen LogP contribution is -2.13. The molecule has 4 heteroatoms. The summed E-state index contributed by atoms with van der Waals surface area (Å²) < 4.78 is 4.34. The summed E-state index contributed by atoms with van der Waals surface area (Å²) in [5.74, 6) is 1.08. The Labute approximate surface area is 139 Å². The number of rotatable bonds is 0. The molecule has 1 aliphatic carbocycles. The van der Waals surface area contributed by atoms with Crippen LogP contribution in [-0.4, -0.2) is 19.7 Å². The second kappa shape index (κ2) is 4.57. The predicted octanol–water partition coefficient (Wildman–Crippen LogP) is 3.87. The van der Waals surface area contributed by atoms with Crippen molar-refractivity contribution in [2.75, 3.05) is 0 Å². The Bertz CT molecular complexity index is 1130. The summed E-state index contributed by atoms with van der Waals surface area (Å²) >= 11 is 0. The van der Waals surface area contributed by atoms with E-state index < -0.39 is 0 Å². The third kappa shape index (κ3) is 1.58. The molecule has 4 aromatic rings. The van der Waals surface area contributed by atoms with Crippen LogP contribution in [-0.2, 0) is 13.5 Å². The van der Waals surface area contributed by atoms with Crippen LogP contribution in [0.25, 0.3) is 28.1 Å². The smallest absolute Gasteiger partial charge is 0.215 e. The molecule has 4 nitrogen and oxygen atoms in total. The van der Waals surface area contributed by atoms with E-state index in [9.17, 15) is 4.79 Å². The molecule has 2 aromatic heterocycles. The molecular formula is C20H17N3O. The van der Waals surface area contributed by atoms with Crippen LogP contribution in [0.4, 0.5) is 0 Å². The molecule has 2 heterocycles. The Morgan fingerprint density at radius 1 is 1.00 bits per heavy atom. The first-order chi connectivity index (χ1) is 11.7. The van der Waals surface area contributed by atoms with Crippen LogP contribution in [0.1, 0.15) is 23.0 Å². The van der Waals surface area contributed by atoms with Gasteiger partial charge in [-0.2, -0.15) is 0 Å². The van der Waals surface area contributed by atoms with Gasteiger partial charge in [-0.15, -0.1) is 0 Å². The Hall–Kier alpha value is -2.88. The number of fused-ring (bicyclic) bond motifs is 7. The monoisotopic (exact) mass is 315 g/mol. The number of para-hydroxylation sites is 2. The first-order valence-electron chi connectivity index (χ1n) is 8.25. The predicted molar refractivity (Wildman–Crippen MR) is 94.3 cm³/mol. The first kappa shape index (κ1) is 13.5. The number of ketones is 1. The van der Waals surface area contributed by atoms with Crippen molar-refractivity contribution in [1.29, 1.82) is 0 Å². The maximum atomic E-state index is 12.8. The molecule has 5 rings (SSSR count). The van der Waals surface area contributed by atoms with Crippen molar-refractivity contribution < 1.29 is 4.79 Å². The molecule has 24 heavy (non-hydrogen) atoms. The largest absolute Gasteiger partial charge is 0.313 e. The third-order valence-electron chi connectivity index (χ3n) is 5.13. The zero-order valence-electron chi connectivity index (χ0n) is 13.7. The van der Waals surface area contributed by atoms with Gasteiger partial charge in [0.1, 0.15) is 0 Å². The minimum absolute atomic E-state index is 0.0498. The summed E-state index contributed by atoms with van der Waals surface area (Å²) in [5.41, 5.74) is 6.11. The van der Waals surface area contributed by atoms with Crippen molar-refractivity contribution in [1.82, 2.24) is 14.0 Å². The third-order valence-corrected chi connectivity index (χ3v) is 5.13. The van der Waals surface area contributed by atoms with Crippen molar-refractivity contribution in [3.8, 4) is 11.3 Å². The van der Waals surface area contributed by atoms with Crippen LogP contribution in [0.15, 0.2) is 48.5 Å². The molecule has 0 N–H and O–H groups in total. The number of nitrogens with zero attached hydrogens (tertiary/aromatic N) is 3. The normalized spacial score (nSPS) is 17.1. The first-order valence-corrected chi connectivity index (χ1v) is 8.25. The molecule has 0 bridgehead atoms. The van der Waals surface area contributed by atoms with Gasteiger partial charge in [-0.1, -0.05) is 43.3 Å². The number of benzene rings is 2. The van der Waals surface area contributed by atoms with Crippen LogP contribution >= 0.6 is 0 Å². The highest BCUT2D eigenvalue weighted by Gasteiger charge is 2.30. The fourth-order valence-corrected chi connectivity index (χ4v) is 3.92. The van der Waals surface area contributed by atoms with Crippen molar-refractivity contribution in [3.63, 3.8) is 0 Å². The van der Waals surface area contributed by atoms with Gasteiger partial charge in [0, 0.05) is 30.5 Å². The second-order valence-corrected chi connectivity index (χ2v) is 6.61. The maximum Gasteiger partial charge on any atom is 0.215 e. The minimum Gasteiger partial charge on any atom is -0.313 e. The van der Waals surface area contributed by atoms with E-state index in [4.69, 9.17) is 4.98 Å². The van der Waals surface area contributed by atoms with E-state index in [2.05, 4.69) is 21.1 Å². The lowest BCUT2D eigenvalue weighted by Gasteiger charge is -2.07. The molecule has 0 radical (unpaired) electrons. The van der Waals surface area contributed by atoms with E-state index in [-0.39, 0.29) is 11.7 Å². The maximum absolute atomic E-state index is 12.8. The summed E-state index contributed by atoms with van der Waals surface area (Å²) in [7, 11) is 2.05. The number of hydrogen-bond acceptors (Lipinski definition) is 2. The number of aromatic nitrogens is 3. The van der Waals surface area contributed by atoms with Gasteiger partial charge in [0.25, 0.3) is 0 Å². The quantitative estimate of drug-likeness (QED) is 0.494. The van der Waals surface area contributed by atoms with Gasteiger partial charge >= 0.3 is 0 Å². The summed E-state index contributed by atoms with van der Waals surface area (Å²) in [4.78, 5) is 17.7. The van der Waals surface area contributed by atoms with Gasteiger partial charge in [-0.25, -0.2) is 4.98 Å². The number of carbonyl (C=O) groups is 1. The van der Waals surface area contributed by atoms with Crippen molar-refractivity contribution >= 4 is 22.6 Å². The highest BCUT2D eigenvalue weighted by atomic mass is 16.1. The highest BCUT2D eigenvalue weighted by Crippen LogP contribution is 2.36. The number of hydrogen-bond donors (Lipinski definition) is 0. The van der Waals surface area contributed by atoms with Crippen LogP contribution in [0.2, 0.25) is 0 Å². The van der Waals surface area contributed by atoms with Gasteiger partial charge in [0.15, 0.2) is 5.78 Å². The van der Waals surface area contributed by atoms with Crippen LogP contribution in [0.5, 0.6) is 0 Å². The van der Waals surface area contributed by atoms with Gasteiger partial charge in [0.05, 0.1) is 22.4 Å². The lowest BCUT2D eigenvalue weighted by molar-refractivity contribution is 0.0931. The molecule has 0 spiro atoms. The summed E-state index contributed by atoms with van der Waals surface area (Å²) in [6, 6.07) is 16.2. The lowest BCUT2D eigenvalue weighted by atomic mass is 9.96. The van der Waals surface area contributed by atoms with Crippen molar-refractivity contribution in [2.45, 2.75) is 13.3 Å². The highest BCUT2D eigenvalue weighted by molar-refractivity contribution is 6.05. The zero-order chi connectivity index (χ0) is 16.4. The summed E-state index contributed by atoms with van der Waals surface area (Å²) in [6.45, 7) is 2.01. The molecule has 0 amide bonds. The zero-order valence-corrected chi connectivity index (χ0v) is 13.7. The fraction of sp³-hybridized carbons (Fsp3) is 0.200. The van der Waals surface area contributed by atoms with Crippen molar-refractivity contribution in [3.05, 3.63) is 59.8 Å². The Balaban J connectivity index is 1.96. The van der Waals surface area contributed by atoms with E-state index in [1.165, 1.54) is 0 Å². The molecular weight excluding hydrogens is 298 g/mol. The van der Waals surface area contributed by atoms with E-state index in [1.807, 2.05) is 50.4 Å². The molecule has 0 aliphatic heterocycles. The Morgan fingerprint density at radius 3 is 2.46 bits per heavy atom. The second-order valence-electron chi connectivity index (χ2n) is 6.61. The average molecular weight is 315 g/mol. The number of carbonyl (C=O) groups excluding carboxylic acids is 1. The number of imidazole rings is 2. The van der Waals surface area contributed by atoms with Gasteiger partial charge < -0.3 is 4.57 Å². The SMILES string of the molecule is CC1Cc2c(nc3n(C)c4ccccc4n23)-c2ccccc2C1=O. The fourth-order valence-electron chi connectivity index (χ4n) is 3.92. The van der Waals surface area contributed by atoms with Crippen LogP contribution in [0.3, 0.4) is 0 Å². The van der Waals surface area contributed by atoms with E-state index in [0.717, 1.165) is 39.3 Å². The standard InChI is InChI=1S/C20H17N3O/c1-12-11-17-18(13-7-3-4-8-14(13)19(12)24)21-20-22(2)15-9-5-6-10-16(15)23(17)20/h3-10,12H,11H2,1-2H3. The average Bonchev–Trinajstić information content (AvgIpc) is 3.08. The Morgan fingerprint density at radius 2 is 1.67 bits per heavy atom.